The molecule has 1 N–H and O–H groups in total. The van der Waals surface area contributed by atoms with Crippen molar-refractivity contribution < 1.29 is 4.74 Å². The first-order valence-electron chi connectivity index (χ1n) is 5.74. The monoisotopic (exact) mass is 262 g/mol. The number of hydrogen-bond acceptors (Lipinski definition) is 3. The zero-order chi connectivity index (χ0) is 12.8. The Morgan fingerprint density at radius 2 is 2.17 bits per heavy atom. The van der Waals surface area contributed by atoms with Gasteiger partial charge in [-0.15, -0.1) is 0 Å². The summed E-state index contributed by atoms with van der Waals surface area (Å²) in [6, 6.07) is 11.5. The lowest BCUT2D eigenvalue weighted by Gasteiger charge is -2.07. The van der Waals surface area contributed by atoms with Crippen molar-refractivity contribution in [3.63, 3.8) is 0 Å². The van der Waals surface area contributed by atoms with Crippen molar-refractivity contribution in [3.8, 4) is 5.75 Å². The van der Waals surface area contributed by atoms with Crippen LogP contribution in [-0.2, 0) is 13.2 Å². The molecule has 0 radical (unpaired) electrons. The van der Waals surface area contributed by atoms with Crippen LogP contribution < -0.4 is 10.1 Å². The van der Waals surface area contributed by atoms with Gasteiger partial charge in [0.25, 0.3) is 0 Å². The number of benzene rings is 1. The summed E-state index contributed by atoms with van der Waals surface area (Å²) in [5, 5.41) is 3.77. The number of pyridine rings is 1. The van der Waals surface area contributed by atoms with E-state index in [0.717, 1.165) is 28.6 Å². The number of aromatic nitrogens is 1. The molecule has 0 atom stereocenters. The van der Waals surface area contributed by atoms with Gasteiger partial charge in [-0.1, -0.05) is 23.7 Å². The molecule has 0 unspecified atom stereocenters. The number of nitrogens with zero attached hydrogens (tertiary/aromatic N) is 1. The lowest BCUT2D eigenvalue weighted by atomic mass is 10.2. The van der Waals surface area contributed by atoms with E-state index in [9.17, 15) is 0 Å². The van der Waals surface area contributed by atoms with Crippen LogP contribution in [0.25, 0.3) is 0 Å². The second-order valence-electron chi connectivity index (χ2n) is 3.93. The summed E-state index contributed by atoms with van der Waals surface area (Å²) in [6.07, 6.45) is 1.73. The van der Waals surface area contributed by atoms with E-state index in [1.807, 2.05) is 43.4 Å². The van der Waals surface area contributed by atoms with Crippen LogP contribution in [0, 0.1) is 0 Å². The molecule has 1 heterocycles. The Bertz CT molecular complexity index is 499. The van der Waals surface area contributed by atoms with Crippen LogP contribution in [-0.4, -0.2) is 12.0 Å². The average Bonchev–Trinajstić information content (AvgIpc) is 2.38. The van der Waals surface area contributed by atoms with Crippen LogP contribution in [0.3, 0.4) is 0 Å². The lowest BCUT2D eigenvalue weighted by Crippen LogP contribution is -2.06. The number of rotatable bonds is 5. The number of ether oxygens (including phenoxy) is 1. The summed E-state index contributed by atoms with van der Waals surface area (Å²) in [7, 11) is 1.89. The maximum Gasteiger partial charge on any atom is 0.138 e. The van der Waals surface area contributed by atoms with Gasteiger partial charge in [-0.25, -0.2) is 0 Å². The SMILES string of the molecule is CNCc1ccc(OCc2cccc(Cl)c2)cn1. The van der Waals surface area contributed by atoms with E-state index >= 15 is 0 Å². The Morgan fingerprint density at radius 3 is 2.83 bits per heavy atom. The molecule has 0 aliphatic rings. The second-order valence-corrected chi connectivity index (χ2v) is 4.37. The molecule has 0 aliphatic carbocycles. The van der Waals surface area contributed by atoms with Crippen LogP contribution >= 0.6 is 11.6 Å². The van der Waals surface area contributed by atoms with Gasteiger partial charge in [0, 0.05) is 11.6 Å². The van der Waals surface area contributed by atoms with Crippen molar-refractivity contribution in [2.24, 2.45) is 0 Å². The van der Waals surface area contributed by atoms with Gasteiger partial charge in [0.1, 0.15) is 12.4 Å². The summed E-state index contributed by atoms with van der Waals surface area (Å²) in [4.78, 5) is 4.28. The highest BCUT2D eigenvalue weighted by molar-refractivity contribution is 6.30. The maximum atomic E-state index is 5.91. The van der Waals surface area contributed by atoms with Crippen LogP contribution in [0.15, 0.2) is 42.6 Å². The number of nitrogens with one attached hydrogen (secondary N) is 1. The highest BCUT2D eigenvalue weighted by Gasteiger charge is 1.98. The summed E-state index contributed by atoms with van der Waals surface area (Å²) < 4.78 is 5.64. The van der Waals surface area contributed by atoms with Gasteiger partial charge in [-0.2, -0.15) is 0 Å². The second kappa shape index (κ2) is 6.38. The van der Waals surface area contributed by atoms with E-state index in [4.69, 9.17) is 16.3 Å². The Hall–Kier alpha value is -1.58. The smallest absolute Gasteiger partial charge is 0.138 e. The largest absolute Gasteiger partial charge is 0.487 e. The zero-order valence-corrected chi connectivity index (χ0v) is 10.9. The molecule has 1 aromatic heterocycles. The van der Waals surface area contributed by atoms with Crippen molar-refractivity contribution in [2.45, 2.75) is 13.2 Å². The Kier molecular flexibility index (Phi) is 4.56. The van der Waals surface area contributed by atoms with Crippen molar-refractivity contribution in [3.05, 3.63) is 58.9 Å². The van der Waals surface area contributed by atoms with Crippen LogP contribution in [0.4, 0.5) is 0 Å². The van der Waals surface area contributed by atoms with Crippen molar-refractivity contribution in [1.82, 2.24) is 10.3 Å². The molecule has 0 aliphatic heterocycles. The summed E-state index contributed by atoms with van der Waals surface area (Å²) in [5.74, 6) is 0.759. The molecule has 0 fully saturated rings. The lowest BCUT2D eigenvalue weighted by molar-refractivity contribution is 0.305. The molecule has 4 heteroatoms. The van der Waals surface area contributed by atoms with E-state index < -0.39 is 0 Å². The Balaban J connectivity index is 1.93. The molecule has 2 aromatic rings. The highest BCUT2D eigenvalue weighted by Crippen LogP contribution is 2.14. The highest BCUT2D eigenvalue weighted by atomic mass is 35.5. The molecule has 2 rings (SSSR count). The fourth-order valence-electron chi connectivity index (χ4n) is 1.58. The minimum atomic E-state index is 0.494. The van der Waals surface area contributed by atoms with E-state index in [1.165, 1.54) is 0 Å². The maximum absolute atomic E-state index is 5.91. The van der Waals surface area contributed by atoms with Crippen molar-refractivity contribution >= 4 is 11.6 Å². The molecule has 0 spiro atoms. The van der Waals surface area contributed by atoms with Crippen LogP contribution in [0.1, 0.15) is 11.3 Å². The van der Waals surface area contributed by atoms with Gasteiger partial charge >= 0.3 is 0 Å². The standard InChI is InChI=1S/C14H15ClN2O/c1-16-8-13-5-6-14(9-17-13)18-10-11-3-2-4-12(15)7-11/h2-7,9,16H,8,10H2,1H3. The molecule has 0 amide bonds. The Labute approximate surface area is 112 Å². The number of halogens is 1. The van der Waals surface area contributed by atoms with Gasteiger partial charge in [0.15, 0.2) is 0 Å². The minimum Gasteiger partial charge on any atom is -0.487 e. The molecular weight excluding hydrogens is 248 g/mol. The van der Waals surface area contributed by atoms with Gasteiger partial charge in [0.2, 0.25) is 0 Å². The first-order valence-corrected chi connectivity index (χ1v) is 6.12. The topological polar surface area (TPSA) is 34.1 Å². The minimum absolute atomic E-state index is 0.494. The predicted octanol–water partition coefficient (Wildman–Crippen LogP) is 3.03. The van der Waals surface area contributed by atoms with Gasteiger partial charge in [-0.05, 0) is 36.9 Å². The number of hydrogen-bond donors (Lipinski definition) is 1. The first kappa shape index (κ1) is 12.9. The molecular formula is C14H15ClN2O. The third kappa shape index (κ3) is 3.72. The summed E-state index contributed by atoms with van der Waals surface area (Å²) in [5.41, 5.74) is 2.04. The van der Waals surface area contributed by atoms with Gasteiger partial charge in [0.05, 0.1) is 11.9 Å². The molecule has 3 nitrogen and oxygen atoms in total. The molecule has 18 heavy (non-hydrogen) atoms. The fourth-order valence-corrected chi connectivity index (χ4v) is 1.79. The van der Waals surface area contributed by atoms with E-state index in [1.54, 1.807) is 6.20 Å². The fraction of sp³-hybridized carbons (Fsp3) is 0.214. The molecule has 0 bridgehead atoms. The van der Waals surface area contributed by atoms with E-state index in [-0.39, 0.29) is 0 Å². The third-order valence-electron chi connectivity index (χ3n) is 2.45. The van der Waals surface area contributed by atoms with Crippen LogP contribution in [0.5, 0.6) is 5.75 Å². The average molecular weight is 263 g/mol. The predicted molar refractivity (Wildman–Crippen MR) is 72.8 cm³/mol. The summed E-state index contributed by atoms with van der Waals surface area (Å²) in [6.45, 7) is 1.25. The van der Waals surface area contributed by atoms with Crippen LogP contribution in [0.2, 0.25) is 5.02 Å². The van der Waals surface area contributed by atoms with Crippen molar-refractivity contribution in [2.75, 3.05) is 7.05 Å². The molecule has 0 saturated heterocycles. The van der Waals surface area contributed by atoms with Crippen molar-refractivity contribution in [1.29, 1.82) is 0 Å². The van der Waals surface area contributed by atoms with E-state index in [2.05, 4.69) is 10.3 Å². The normalized spacial score (nSPS) is 10.3. The summed E-state index contributed by atoms with van der Waals surface area (Å²) >= 11 is 5.91. The quantitative estimate of drug-likeness (QED) is 0.899. The van der Waals surface area contributed by atoms with Gasteiger partial charge in [-0.3, -0.25) is 4.98 Å². The van der Waals surface area contributed by atoms with Gasteiger partial charge < -0.3 is 10.1 Å². The van der Waals surface area contributed by atoms with E-state index in [0.29, 0.717) is 6.61 Å². The molecule has 1 aromatic carbocycles. The third-order valence-corrected chi connectivity index (χ3v) is 2.69. The first-order chi connectivity index (χ1) is 8.78. The zero-order valence-electron chi connectivity index (χ0n) is 10.2. The molecule has 0 saturated carbocycles. The molecule has 94 valence electrons. The Morgan fingerprint density at radius 1 is 1.28 bits per heavy atom.